The lowest BCUT2D eigenvalue weighted by Gasteiger charge is -2.25. The third kappa shape index (κ3) is 4.29. The summed E-state index contributed by atoms with van der Waals surface area (Å²) in [5, 5.41) is 11.9. The molecule has 1 aliphatic heterocycles. The molecule has 7 heteroatoms. The Balaban J connectivity index is 1.79. The number of hydrogen-bond donors (Lipinski definition) is 2. The van der Waals surface area contributed by atoms with Crippen LogP contribution in [0.5, 0.6) is 5.75 Å². The van der Waals surface area contributed by atoms with Crippen LogP contribution in [0.4, 0.5) is 5.82 Å². The molecule has 1 fully saturated rings. The van der Waals surface area contributed by atoms with Crippen LogP contribution in [-0.4, -0.2) is 46.1 Å². The van der Waals surface area contributed by atoms with Gasteiger partial charge in [0, 0.05) is 25.2 Å². The van der Waals surface area contributed by atoms with Crippen LogP contribution in [-0.2, 0) is 11.3 Å². The molecule has 2 N–H and O–H groups in total. The summed E-state index contributed by atoms with van der Waals surface area (Å²) in [5.74, 6) is 1.22. The molecule has 0 radical (unpaired) electrons. The first-order valence-corrected chi connectivity index (χ1v) is 8.76. The standard InChI is InChI=1S/C19H24N4O3/c1-13-21-15(10-18(20-2)22-13)16-7-5-9-23(16)11-14-6-3-4-8-17(14)26-12-19(24)25/h3-4,6,8,10,16H,5,7,9,11-12H2,1-2H3,(H,24,25)(H,20,21,22)/t16-/m0/s1. The molecular formula is C19H24N4O3. The van der Waals surface area contributed by atoms with Crippen molar-refractivity contribution in [2.75, 3.05) is 25.5 Å². The normalized spacial score (nSPS) is 17.2. The van der Waals surface area contributed by atoms with Gasteiger partial charge in [0.1, 0.15) is 17.4 Å². The Kier molecular flexibility index (Phi) is 5.68. The molecule has 0 spiro atoms. The Bertz CT molecular complexity index is 781. The molecule has 2 heterocycles. The first-order chi connectivity index (χ1) is 12.6. The molecule has 1 aromatic carbocycles. The number of rotatable bonds is 7. The van der Waals surface area contributed by atoms with Gasteiger partial charge in [-0.1, -0.05) is 18.2 Å². The topological polar surface area (TPSA) is 87.6 Å². The molecule has 0 saturated carbocycles. The fourth-order valence-electron chi connectivity index (χ4n) is 3.37. The van der Waals surface area contributed by atoms with Crippen molar-refractivity contribution in [3.05, 3.63) is 47.4 Å². The molecule has 1 atom stereocenters. The number of aliphatic carboxylic acids is 1. The van der Waals surface area contributed by atoms with Crippen molar-refractivity contribution in [2.45, 2.75) is 32.4 Å². The Morgan fingerprint density at radius 2 is 2.19 bits per heavy atom. The van der Waals surface area contributed by atoms with Crippen molar-refractivity contribution in [1.29, 1.82) is 0 Å². The Labute approximate surface area is 153 Å². The molecule has 0 bridgehead atoms. The lowest BCUT2D eigenvalue weighted by molar-refractivity contribution is -0.139. The third-order valence-corrected chi connectivity index (χ3v) is 4.52. The number of anilines is 1. The minimum absolute atomic E-state index is 0.219. The highest BCUT2D eigenvalue weighted by atomic mass is 16.5. The van der Waals surface area contributed by atoms with Crippen molar-refractivity contribution in [1.82, 2.24) is 14.9 Å². The predicted molar refractivity (Wildman–Crippen MR) is 98.3 cm³/mol. The van der Waals surface area contributed by atoms with E-state index in [0.717, 1.165) is 42.3 Å². The van der Waals surface area contributed by atoms with Crippen molar-refractivity contribution in [3.63, 3.8) is 0 Å². The highest BCUT2D eigenvalue weighted by molar-refractivity contribution is 5.68. The van der Waals surface area contributed by atoms with Crippen molar-refractivity contribution in [3.8, 4) is 5.75 Å². The molecule has 7 nitrogen and oxygen atoms in total. The second-order valence-electron chi connectivity index (χ2n) is 6.39. The van der Waals surface area contributed by atoms with Gasteiger partial charge < -0.3 is 15.2 Å². The molecule has 26 heavy (non-hydrogen) atoms. The second-order valence-corrected chi connectivity index (χ2v) is 6.39. The van der Waals surface area contributed by atoms with Gasteiger partial charge in [-0.25, -0.2) is 14.8 Å². The smallest absolute Gasteiger partial charge is 0.341 e. The number of benzene rings is 1. The van der Waals surface area contributed by atoms with Crippen molar-refractivity contribution >= 4 is 11.8 Å². The van der Waals surface area contributed by atoms with Crippen LogP contribution in [0, 0.1) is 6.92 Å². The van der Waals surface area contributed by atoms with Crippen LogP contribution >= 0.6 is 0 Å². The first-order valence-electron chi connectivity index (χ1n) is 8.76. The molecule has 2 aromatic rings. The molecular weight excluding hydrogens is 332 g/mol. The lowest BCUT2D eigenvalue weighted by Crippen LogP contribution is -2.24. The predicted octanol–water partition coefficient (Wildman–Crippen LogP) is 2.63. The minimum atomic E-state index is -0.977. The number of para-hydroxylation sites is 1. The fourth-order valence-corrected chi connectivity index (χ4v) is 3.37. The maximum Gasteiger partial charge on any atom is 0.341 e. The van der Waals surface area contributed by atoms with Gasteiger partial charge in [0.05, 0.1) is 11.7 Å². The molecule has 1 saturated heterocycles. The van der Waals surface area contributed by atoms with E-state index in [-0.39, 0.29) is 12.6 Å². The highest BCUT2D eigenvalue weighted by Crippen LogP contribution is 2.34. The number of nitrogens with one attached hydrogen (secondary N) is 1. The molecule has 0 amide bonds. The maximum atomic E-state index is 10.8. The molecule has 1 aliphatic rings. The van der Waals surface area contributed by atoms with E-state index in [1.807, 2.05) is 44.3 Å². The van der Waals surface area contributed by atoms with E-state index in [1.54, 1.807) is 0 Å². The number of carboxylic acid groups (broad SMARTS) is 1. The summed E-state index contributed by atoms with van der Waals surface area (Å²) in [5.41, 5.74) is 2.00. The third-order valence-electron chi connectivity index (χ3n) is 4.52. The number of aryl methyl sites for hydroxylation is 1. The molecule has 3 rings (SSSR count). The van der Waals surface area contributed by atoms with Crippen LogP contribution in [0.2, 0.25) is 0 Å². The zero-order chi connectivity index (χ0) is 18.5. The van der Waals surface area contributed by atoms with E-state index in [9.17, 15) is 4.79 Å². The molecule has 138 valence electrons. The van der Waals surface area contributed by atoms with Crippen molar-refractivity contribution in [2.24, 2.45) is 0 Å². The van der Waals surface area contributed by atoms with E-state index in [2.05, 4.69) is 20.2 Å². The summed E-state index contributed by atoms with van der Waals surface area (Å²) in [6, 6.07) is 9.82. The summed E-state index contributed by atoms with van der Waals surface area (Å²) < 4.78 is 5.44. The van der Waals surface area contributed by atoms with Crippen LogP contribution in [0.15, 0.2) is 30.3 Å². The monoisotopic (exact) mass is 356 g/mol. The Morgan fingerprint density at radius 3 is 2.96 bits per heavy atom. The van der Waals surface area contributed by atoms with Gasteiger partial charge in [-0.05, 0) is 32.4 Å². The lowest BCUT2D eigenvalue weighted by atomic mass is 10.1. The SMILES string of the molecule is CNc1cc([C@@H]2CCCN2Cc2ccccc2OCC(=O)O)nc(C)n1. The quantitative estimate of drug-likeness (QED) is 0.788. The average Bonchev–Trinajstić information content (AvgIpc) is 3.08. The number of carboxylic acids is 1. The number of hydrogen-bond acceptors (Lipinski definition) is 6. The second kappa shape index (κ2) is 8.14. The maximum absolute atomic E-state index is 10.8. The zero-order valence-corrected chi connectivity index (χ0v) is 15.1. The Morgan fingerprint density at radius 1 is 1.38 bits per heavy atom. The summed E-state index contributed by atoms with van der Waals surface area (Å²) in [6.45, 7) is 3.23. The van der Waals surface area contributed by atoms with E-state index in [1.165, 1.54) is 0 Å². The van der Waals surface area contributed by atoms with Gasteiger partial charge in [0.25, 0.3) is 0 Å². The van der Waals surface area contributed by atoms with Gasteiger partial charge in [-0.15, -0.1) is 0 Å². The van der Waals surface area contributed by atoms with E-state index < -0.39 is 5.97 Å². The first kappa shape index (κ1) is 18.1. The van der Waals surface area contributed by atoms with E-state index in [0.29, 0.717) is 12.3 Å². The number of ether oxygens (including phenoxy) is 1. The number of nitrogens with zero attached hydrogens (tertiary/aromatic N) is 3. The van der Waals surface area contributed by atoms with Gasteiger partial charge in [-0.3, -0.25) is 4.90 Å². The van der Waals surface area contributed by atoms with Crippen LogP contribution in [0.1, 0.15) is 36.0 Å². The van der Waals surface area contributed by atoms with Crippen LogP contribution in [0.25, 0.3) is 0 Å². The van der Waals surface area contributed by atoms with Gasteiger partial charge in [0.15, 0.2) is 6.61 Å². The van der Waals surface area contributed by atoms with Gasteiger partial charge in [0.2, 0.25) is 0 Å². The minimum Gasteiger partial charge on any atom is -0.482 e. The Hall–Kier alpha value is -2.67. The van der Waals surface area contributed by atoms with Crippen LogP contribution < -0.4 is 10.1 Å². The summed E-state index contributed by atoms with van der Waals surface area (Å²) in [6.07, 6.45) is 2.14. The summed E-state index contributed by atoms with van der Waals surface area (Å²) in [7, 11) is 1.86. The van der Waals surface area contributed by atoms with Crippen molar-refractivity contribution < 1.29 is 14.6 Å². The van der Waals surface area contributed by atoms with Gasteiger partial charge >= 0.3 is 5.97 Å². The van der Waals surface area contributed by atoms with Gasteiger partial charge in [-0.2, -0.15) is 0 Å². The largest absolute Gasteiger partial charge is 0.482 e. The average molecular weight is 356 g/mol. The molecule has 1 aromatic heterocycles. The number of likely N-dealkylation sites (tertiary alicyclic amines) is 1. The summed E-state index contributed by atoms with van der Waals surface area (Å²) >= 11 is 0. The number of aromatic nitrogens is 2. The highest BCUT2D eigenvalue weighted by Gasteiger charge is 2.28. The number of carbonyl (C=O) groups is 1. The molecule has 0 unspecified atom stereocenters. The van der Waals surface area contributed by atoms with E-state index >= 15 is 0 Å². The van der Waals surface area contributed by atoms with Crippen LogP contribution in [0.3, 0.4) is 0 Å². The zero-order valence-electron chi connectivity index (χ0n) is 15.1. The fraction of sp³-hybridized carbons (Fsp3) is 0.421. The summed E-state index contributed by atoms with van der Waals surface area (Å²) in [4.78, 5) is 22.2. The molecule has 0 aliphatic carbocycles. The van der Waals surface area contributed by atoms with E-state index in [4.69, 9.17) is 9.84 Å².